The van der Waals surface area contributed by atoms with Crippen molar-refractivity contribution in [3.63, 3.8) is 0 Å². The van der Waals surface area contributed by atoms with Crippen LogP contribution in [0.5, 0.6) is 0 Å². The number of rotatable bonds is 6. The van der Waals surface area contributed by atoms with E-state index in [2.05, 4.69) is 53.4 Å². The lowest BCUT2D eigenvalue weighted by atomic mass is 10.1. The van der Waals surface area contributed by atoms with E-state index >= 15 is 0 Å². The number of carbonyl (C=O) groups excluding carboxylic acids is 1. The third-order valence-electron chi connectivity index (χ3n) is 5.95. The third kappa shape index (κ3) is 4.14. The van der Waals surface area contributed by atoms with E-state index in [1.54, 1.807) is 23.7 Å². The number of aromatic nitrogens is 6. The van der Waals surface area contributed by atoms with Crippen LogP contribution >= 0.6 is 11.3 Å². The molecule has 6 heterocycles. The lowest BCUT2D eigenvalue weighted by Gasteiger charge is -2.08. The van der Waals surface area contributed by atoms with Crippen molar-refractivity contribution in [2.45, 2.75) is 20.3 Å². The van der Waals surface area contributed by atoms with Gasteiger partial charge in [0.05, 0.1) is 40.5 Å². The molecule has 0 aliphatic carbocycles. The molecule has 178 valence electrons. The highest BCUT2D eigenvalue weighted by molar-refractivity contribution is 7.08. The first-order valence-electron chi connectivity index (χ1n) is 11.7. The number of pyridine rings is 3. The lowest BCUT2D eigenvalue weighted by molar-refractivity contribution is -0.116. The molecule has 0 unspecified atom stereocenters. The van der Waals surface area contributed by atoms with Gasteiger partial charge in [-0.05, 0) is 52.6 Å². The van der Waals surface area contributed by atoms with Gasteiger partial charge in [-0.1, -0.05) is 13.8 Å². The molecular weight excluding hydrogens is 470 g/mol. The number of carbonyl (C=O) groups is 1. The van der Waals surface area contributed by atoms with Crippen LogP contribution in [0.2, 0.25) is 0 Å². The molecule has 9 heteroatoms. The number of nitrogens with one attached hydrogen (secondary N) is 3. The fourth-order valence-corrected chi connectivity index (χ4v) is 4.96. The van der Waals surface area contributed by atoms with E-state index in [0.717, 1.165) is 55.7 Å². The zero-order valence-corrected chi connectivity index (χ0v) is 20.6. The van der Waals surface area contributed by atoms with Crippen LogP contribution < -0.4 is 5.32 Å². The molecule has 0 saturated carbocycles. The molecule has 6 aromatic heterocycles. The van der Waals surface area contributed by atoms with Crippen LogP contribution in [0.3, 0.4) is 0 Å². The summed E-state index contributed by atoms with van der Waals surface area (Å²) in [6.45, 7) is 4.03. The van der Waals surface area contributed by atoms with Crippen LogP contribution in [0, 0.1) is 5.92 Å². The number of anilines is 1. The second kappa shape index (κ2) is 9.01. The molecule has 0 bridgehead atoms. The third-order valence-corrected chi connectivity index (χ3v) is 6.64. The molecule has 0 aliphatic rings. The summed E-state index contributed by atoms with van der Waals surface area (Å²) < 4.78 is 0. The topological polar surface area (TPSA) is 112 Å². The smallest absolute Gasteiger partial charge is 0.224 e. The monoisotopic (exact) mass is 493 g/mol. The second-order valence-corrected chi connectivity index (χ2v) is 9.90. The Hall–Kier alpha value is -4.37. The average molecular weight is 494 g/mol. The summed E-state index contributed by atoms with van der Waals surface area (Å²) in [4.78, 5) is 29.3. The summed E-state index contributed by atoms with van der Waals surface area (Å²) in [7, 11) is 0. The molecule has 0 atom stereocenters. The Labute approximate surface area is 210 Å². The number of H-pyrrole nitrogens is 2. The van der Waals surface area contributed by atoms with E-state index in [9.17, 15) is 4.79 Å². The van der Waals surface area contributed by atoms with Crippen molar-refractivity contribution in [1.29, 1.82) is 0 Å². The number of hydrogen-bond acceptors (Lipinski definition) is 6. The van der Waals surface area contributed by atoms with Crippen LogP contribution in [0.25, 0.3) is 55.7 Å². The largest absolute Gasteiger partial charge is 0.352 e. The van der Waals surface area contributed by atoms with Gasteiger partial charge >= 0.3 is 0 Å². The zero-order valence-electron chi connectivity index (χ0n) is 19.7. The van der Waals surface area contributed by atoms with Gasteiger partial charge < -0.3 is 10.3 Å². The Morgan fingerprint density at radius 1 is 1.03 bits per heavy atom. The van der Waals surface area contributed by atoms with E-state index in [0.29, 0.717) is 12.1 Å². The van der Waals surface area contributed by atoms with Gasteiger partial charge in [-0.2, -0.15) is 16.4 Å². The van der Waals surface area contributed by atoms with Crippen LogP contribution in [-0.4, -0.2) is 36.0 Å². The maximum absolute atomic E-state index is 12.2. The molecule has 1 amide bonds. The van der Waals surface area contributed by atoms with Crippen LogP contribution in [-0.2, 0) is 4.79 Å². The summed E-state index contributed by atoms with van der Waals surface area (Å²) >= 11 is 1.66. The quantitative estimate of drug-likeness (QED) is 0.253. The first-order valence-corrected chi connectivity index (χ1v) is 12.6. The fraction of sp³-hybridized carbons (Fsp3) is 0.148. The number of hydrogen-bond donors (Lipinski definition) is 3. The van der Waals surface area contributed by atoms with Crippen molar-refractivity contribution in [2.24, 2.45) is 5.92 Å². The minimum absolute atomic E-state index is 0.0281. The molecular formula is C27H23N7OS. The van der Waals surface area contributed by atoms with Crippen molar-refractivity contribution in [1.82, 2.24) is 30.1 Å². The zero-order chi connectivity index (χ0) is 24.6. The maximum atomic E-state index is 12.2. The summed E-state index contributed by atoms with van der Waals surface area (Å²) in [5.41, 5.74) is 8.53. The Kier molecular flexibility index (Phi) is 5.54. The minimum atomic E-state index is -0.0281. The first kappa shape index (κ1) is 22.1. The van der Waals surface area contributed by atoms with Crippen LogP contribution in [0.1, 0.15) is 20.3 Å². The molecule has 6 aromatic rings. The summed E-state index contributed by atoms with van der Waals surface area (Å²) in [6.07, 6.45) is 7.57. The molecule has 6 rings (SSSR count). The first-order chi connectivity index (χ1) is 17.5. The predicted octanol–water partition coefficient (Wildman–Crippen LogP) is 6.28. The molecule has 0 spiro atoms. The van der Waals surface area contributed by atoms with Crippen LogP contribution in [0.4, 0.5) is 5.69 Å². The van der Waals surface area contributed by atoms with Gasteiger partial charge in [0.1, 0.15) is 11.2 Å². The van der Waals surface area contributed by atoms with Gasteiger partial charge in [-0.3, -0.25) is 19.9 Å². The molecule has 0 saturated heterocycles. The number of thiophene rings is 1. The van der Waals surface area contributed by atoms with Crippen molar-refractivity contribution in [3.8, 4) is 33.8 Å². The summed E-state index contributed by atoms with van der Waals surface area (Å²) in [5.74, 6) is 0.256. The molecule has 8 nitrogen and oxygen atoms in total. The van der Waals surface area contributed by atoms with Crippen molar-refractivity contribution in [3.05, 3.63) is 65.9 Å². The second-order valence-electron chi connectivity index (χ2n) is 9.12. The molecule has 36 heavy (non-hydrogen) atoms. The van der Waals surface area contributed by atoms with E-state index in [1.807, 2.05) is 44.4 Å². The average Bonchev–Trinajstić information content (AvgIpc) is 3.62. The fourth-order valence-electron chi connectivity index (χ4n) is 4.31. The summed E-state index contributed by atoms with van der Waals surface area (Å²) in [6, 6.07) is 9.96. The Bertz CT molecular complexity index is 1700. The van der Waals surface area contributed by atoms with Crippen LogP contribution in [0.15, 0.2) is 65.9 Å². The number of fused-ring (bicyclic) bond motifs is 2. The van der Waals surface area contributed by atoms with Crippen molar-refractivity contribution >= 4 is 44.9 Å². The van der Waals surface area contributed by atoms with Gasteiger partial charge in [-0.15, -0.1) is 0 Å². The highest BCUT2D eigenvalue weighted by Gasteiger charge is 2.16. The molecule has 0 radical (unpaired) electrons. The Morgan fingerprint density at radius 2 is 1.92 bits per heavy atom. The standard InChI is InChI=1S/C27H23N7OS/c1-15(2)7-25(35)30-18-8-17(10-28-11-18)21-3-4-22-26(32-21)27(34-33-22)23-9-19-20(16-5-6-36-14-16)12-29-13-24(19)31-23/h3-6,8-15,31H,7H2,1-2H3,(H,30,35)(H,33,34). The molecule has 0 aliphatic heterocycles. The number of nitrogens with zero attached hydrogens (tertiary/aromatic N) is 4. The van der Waals surface area contributed by atoms with Gasteiger partial charge in [0.15, 0.2) is 0 Å². The van der Waals surface area contributed by atoms with E-state index < -0.39 is 0 Å². The van der Waals surface area contributed by atoms with E-state index in [4.69, 9.17) is 4.98 Å². The Balaban J connectivity index is 1.38. The Morgan fingerprint density at radius 3 is 2.75 bits per heavy atom. The van der Waals surface area contributed by atoms with E-state index in [1.165, 1.54) is 0 Å². The predicted molar refractivity (Wildman–Crippen MR) is 144 cm³/mol. The summed E-state index contributed by atoms with van der Waals surface area (Å²) in [5, 5.41) is 15.8. The number of amides is 1. The lowest BCUT2D eigenvalue weighted by Crippen LogP contribution is -2.13. The van der Waals surface area contributed by atoms with Gasteiger partial charge in [0.25, 0.3) is 0 Å². The normalized spacial score (nSPS) is 11.5. The van der Waals surface area contributed by atoms with E-state index in [-0.39, 0.29) is 11.8 Å². The molecule has 0 fully saturated rings. The molecule has 3 N–H and O–H groups in total. The van der Waals surface area contributed by atoms with Gasteiger partial charge in [0, 0.05) is 35.3 Å². The number of aromatic amines is 2. The van der Waals surface area contributed by atoms with Crippen molar-refractivity contribution < 1.29 is 4.79 Å². The minimum Gasteiger partial charge on any atom is -0.352 e. The highest BCUT2D eigenvalue weighted by atomic mass is 32.1. The highest BCUT2D eigenvalue weighted by Crippen LogP contribution is 2.34. The molecule has 0 aromatic carbocycles. The van der Waals surface area contributed by atoms with Gasteiger partial charge in [-0.25, -0.2) is 4.98 Å². The van der Waals surface area contributed by atoms with Crippen molar-refractivity contribution in [2.75, 3.05) is 5.32 Å². The van der Waals surface area contributed by atoms with Gasteiger partial charge in [0.2, 0.25) is 5.91 Å². The maximum Gasteiger partial charge on any atom is 0.224 e. The SMILES string of the molecule is CC(C)CC(=O)Nc1cncc(-c2ccc3[nH]nc(-c4cc5c(-c6ccsc6)cncc5[nH]4)c3n2)c1.